The minimum Gasteiger partial charge on any atom is -0.377 e. The standard InChI is InChI=1S/C15H30N2O2/c1-4-19-14-9-6-10-17(11-14)15(18)12(2)7-5-8-13(3)16/h12-14H,4-11,16H2,1-3H3. The van der Waals surface area contributed by atoms with Crippen LogP contribution < -0.4 is 5.73 Å². The summed E-state index contributed by atoms with van der Waals surface area (Å²) in [6.07, 6.45) is 5.35. The van der Waals surface area contributed by atoms with Gasteiger partial charge in [-0.3, -0.25) is 4.79 Å². The molecule has 0 aromatic carbocycles. The quantitative estimate of drug-likeness (QED) is 0.771. The number of carbonyl (C=O) groups is 1. The molecule has 3 unspecified atom stereocenters. The zero-order valence-electron chi connectivity index (χ0n) is 12.7. The minimum absolute atomic E-state index is 0.110. The molecule has 0 bridgehead atoms. The zero-order chi connectivity index (χ0) is 14.3. The van der Waals surface area contributed by atoms with Crippen molar-refractivity contribution < 1.29 is 9.53 Å². The predicted molar refractivity (Wildman–Crippen MR) is 77.9 cm³/mol. The van der Waals surface area contributed by atoms with Gasteiger partial charge >= 0.3 is 0 Å². The van der Waals surface area contributed by atoms with E-state index in [1.165, 1.54) is 0 Å². The van der Waals surface area contributed by atoms with E-state index >= 15 is 0 Å². The van der Waals surface area contributed by atoms with Crippen LogP contribution in [0.1, 0.15) is 52.9 Å². The molecule has 1 rings (SSSR count). The number of piperidine rings is 1. The van der Waals surface area contributed by atoms with Crippen molar-refractivity contribution in [1.82, 2.24) is 4.90 Å². The molecule has 0 aromatic rings. The topological polar surface area (TPSA) is 55.6 Å². The zero-order valence-corrected chi connectivity index (χ0v) is 12.7. The van der Waals surface area contributed by atoms with Crippen molar-refractivity contribution in [3.05, 3.63) is 0 Å². The molecule has 1 saturated heterocycles. The first-order chi connectivity index (χ1) is 9.04. The second-order valence-corrected chi connectivity index (χ2v) is 5.81. The second kappa shape index (κ2) is 8.54. The van der Waals surface area contributed by atoms with Crippen LogP contribution in [-0.4, -0.2) is 42.6 Å². The number of hydrogen-bond acceptors (Lipinski definition) is 3. The van der Waals surface area contributed by atoms with Gasteiger partial charge in [-0.05, 0) is 39.5 Å². The van der Waals surface area contributed by atoms with Crippen molar-refractivity contribution in [2.75, 3.05) is 19.7 Å². The fourth-order valence-corrected chi connectivity index (χ4v) is 2.69. The molecule has 1 heterocycles. The molecule has 1 aliphatic heterocycles. The first kappa shape index (κ1) is 16.4. The van der Waals surface area contributed by atoms with E-state index in [1.807, 2.05) is 25.7 Å². The summed E-state index contributed by atoms with van der Waals surface area (Å²) in [5, 5.41) is 0. The number of nitrogens with zero attached hydrogens (tertiary/aromatic N) is 1. The number of carbonyl (C=O) groups excluding carboxylic acids is 1. The maximum Gasteiger partial charge on any atom is 0.225 e. The van der Waals surface area contributed by atoms with Crippen molar-refractivity contribution in [3.63, 3.8) is 0 Å². The maximum atomic E-state index is 12.4. The molecule has 0 aliphatic carbocycles. The fourth-order valence-electron chi connectivity index (χ4n) is 2.69. The second-order valence-electron chi connectivity index (χ2n) is 5.81. The van der Waals surface area contributed by atoms with Crippen LogP contribution in [-0.2, 0) is 9.53 Å². The van der Waals surface area contributed by atoms with E-state index in [9.17, 15) is 4.79 Å². The summed E-state index contributed by atoms with van der Waals surface area (Å²) in [7, 11) is 0. The minimum atomic E-state index is 0.110. The van der Waals surface area contributed by atoms with Crippen LogP contribution in [0.3, 0.4) is 0 Å². The van der Waals surface area contributed by atoms with Gasteiger partial charge in [0.05, 0.1) is 6.10 Å². The van der Waals surface area contributed by atoms with Crippen molar-refractivity contribution >= 4 is 5.91 Å². The Morgan fingerprint density at radius 2 is 2.16 bits per heavy atom. The molecule has 112 valence electrons. The van der Waals surface area contributed by atoms with Crippen LogP contribution in [0.15, 0.2) is 0 Å². The van der Waals surface area contributed by atoms with Crippen LogP contribution in [0, 0.1) is 5.92 Å². The Hall–Kier alpha value is -0.610. The van der Waals surface area contributed by atoms with Crippen molar-refractivity contribution in [2.45, 2.75) is 65.0 Å². The Labute approximate surface area is 117 Å². The molecule has 0 aromatic heterocycles. The third-order valence-electron chi connectivity index (χ3n) is 3.81. The van der Waals surface area contributed by atoms with Gasteiger partial charge in [0.15, 0.2) is 0 Å². The van der Waals surface area contributed by atoms with Crippen LogP contribution in [0.25, 0.3) is 0 Å². The molecule has 19 heavy (non-hydrogen) atoms. The summed E-state index contributed by atoms with van der Waals surface area (Å²) in [5.41, 5.74) is 5.74. The molecular formula is C15H30N2O2. The van der Waals surface area contributed by atoms with Gasteiger partial charge in [-0.1, -0.05) is 13.3 Å². The highest BCUT2D eigenvalue weighted by Gasteiger charge is 2.26. The Bertz CT molecular complexity index is 267. The molecular weight excluding hydrogens is 240 g/mol. The molecule has 0 saturated carbocycles. The maximum absolute atomic E-state index is 12.4. The monoisotopic (exact) mass is 270 g/mol. The predicted octanol–water partition coefficient (Wildman–Crippen LogP) is 2.17. The van der Waals surface area contributed by atoms with Crippen molar-refractivity contribution in [1.29, 1.82) is 0 Å². The van der Waals surface area contributed by atoms with Gasteiger partial charge in [0.1, 0.15) is 0 Å². The Morgan fingerprint density at radius 3 is 2.79 bits per heavy atom. The van der Waals surface area contributed by atoms with Crippen molar-refractivity contribution in [3.8, 4) is 0 Å². The van der Waals surface area contributed by atoms with E-state index in [4.69, 9.17) is 10.5 Å². The summed E-state index contributed by atoms with van der Waals surface area (Å²) in [6, 6.07) is 0.236. The average Bonchev–Trinajstić information content (AvgIpc) is 2.38. The van der Waals surface area contributed by atoms with E-state index in [0.717, 1.165) is 51.8 Å². The largest absolute Gasteiger partial charge is 0.377 e. The number of hydrogen-bond donors (Lipinski definition) is 1. The lowest BCUT2D eigenvalue weighted by Crippen LogP contribution is -2.45. The molecule has 1 amide bonds. The molecule has 0 spiro atoms. The Balaban J connectivity index is 2.34. The molecule has 4 nitrogen and oxygen atoms in total. The van der Waals surface area contributed by atoms with Gasteiger partial charge < -0.3 is 15.4 Å². The highest BCUT2D eigenvalue weighted by molar-refractivity contribution is 5.78. The average molecular weight is 270 g/mol. The fraction of sp³-hybridized carbons (Fsp3) is 0.933. The van der Waals surface area contributed by atoms with Gasteiger partial charge in [-0.25, -0.2) is 0 Å². The molecule has 2 N–H and O–H groups in total. The molecule has 3 atom stereocenters. The number of nitrogens with two attached hydrogens (primary N) is 1. The molecule has 0 radical (unpaired) electrons. The van der Waals surface area contributed by atoms with E-state index in [1.54, 1.807) is 0 Å². The van der Waals surface area contributed by atoms with Crippen molar-refractivity contribution in [2.24, 2.45) is 11.7 Å². The molecule has 4 heteroatoms. The Kier molecular flexibility index (Phi) is 7.39. The lowest BCUT2D eigenvalue weighted by molar-refractivity contribution is -0.139. The Morgan fingerprint density at radius 1 is 1.42 bits per heavy atom. The first-order valence-corrected chi connectivity index (χ1v) is 7.70. The van der Waals surface area contributed by atoms with E-state index in [-0.39, 0.29) is 24.0 Å². The first-order valence-electron chi connectivity index (χ1n) is 7.70. The smallest absolute Gasteiger partial charge is 0.225 e. The van der Waals surface area contributed by atoms with E-state index in [2.05, 4.69) is 0 Å². The van der Waals surface area contributed by atoms with Gasteiger partial charge in [-0.15, -0.1) is 0 Å². The summed E-state index contributed by atoms with van der Waals surface area (Å²) in [6.45, 7) is 8.45. The van der Waals surface area contributed by atoms with Crippen LogP contribution in [0.5, 0.6) is 0 Å². The number of ether oxygens (including phenoxy) is 1. The molecule has 1 fully saturated rings. The summed E-state index contributed by atoms with van der Waals surface area (Å²) in [4.78, 5) is 14.3. The van der Waals surface area contributed by atoms with Gasteiger partial charge in [0.25, 0.3) is 0 Å². The van der Waals surface area contributed by atoms with Gasteiger partial charge in [0, 0.05) is 31.7 Å². The lowest BCUT2D eigenvalue weighted by atomic mass is 9.99. The normalized spacial score (nSPS) is 23.2. The van der Waals surface area contributed by atoms with Crippen LogP contribution in [0.2, 0.25) is 0 Å². The third kappa shape index (κ3) is 5.91. The van der Waals surface area contributed by atoms with E-state index in [0.29, 0.717) is 0 Å². The SMILES string of the molecule is CCOC1CCCN(C(=O)C(C)CCCC(C)N)C1. The van der Waals surface area contributed by atoms with Gasteiger partial charge in [0.2, 0.25) is 5.91 Å². The number of rotatable bonds is 7. The van der Waals surface area contributed by atoms with Crippen LogP contribution in [0.4, 0.5) is 0 Å². The van der Waals surface area contributed by atoms with Crippen LogP contribution >= 0.6 is 0 Å². The number of likely N-dealkylation sites (tertiary alicyclic amines) is 1. The summed E-state index contributed by atoms with van der Waals surface area (Å²) in [5.74, 6) is 0.396. The summed E-state index contributed by atoms with van der Waals surface area (Å²) < 4.78 is 5.65. The highest BCUT2D eigenvalue weighted by atomic mass is 16.5. The molecule has 1 aliphatic rings. The summed E-state index contributed by atoms with van der Waals surface area (Å²) >= 11 is 0. The third-order valence-corrected chi connectivity index (χ3v) is 3.81. The van der Waals surface area contributed by atoms with E-state index < -0.39 is 0 Å². The van der Waals surface area contributed by atoms with Gasteiger partial charge in [-0.2, -0.15) is 0 Å². The highest BCUT2D eigenvalue weighted by Crippen LogP contribution is 2.18. The lowest BCUT2D eigenvalue weighted by Gasteiger charge is -2.34. The number of amides is 1.